The Bertz CT molecular complexity index is 563. The topological polar surface area (TPSA) is 55.1 Å². The lowest BCUT2D eigenvalue weighted by atomic mass is 10.1. The van der Waals surface area contributed by atoms with E-state index in [1.807, 2.05) is 25.1 Å². The number of carbonyl (C=O) groups is 1. The van der Waals surface area contributed by atoms with Crippen molar-refractivity contribution < 1.29 is 9.90 Å². The molecule has 1 aromatic heterocycles. The summed E-state index contributed by atoms with van der Waals surface area (Å²) in [4.78, 5) is 10.6. The van der Waals surface area contributed by atoms with Crippen molar-refractivity contribution in [3.63, 3.8) is 0 Å². The van der Waals surface area contributed by atoms with Crippen molar-refractivity contribution in [3.05, 3.63) is 41.2 Å². The van der Waals surface area contributed by atoms with Crippen molar-refractivity contribution in [1.82, 2.24) is 9.78 Å². The van der Waals surface area contributed by atoms with E-state index in [-0.39, 0.29) is 6.54 Å². The van der Waals surface area contributed by atoms with Crippen LogP contribution in [0.5, 0.6) is 0 Å². The molecule has 88 valence electrons. The highest BCUT2D eigenvalue weighted by Crippen LogP contribution is 2.29. The number of nitrogens with zero attached hydrogens (tertiary/aromatic N) is 2. The summed E-state index contributed by atoms with van der Waals surface area (Å²) in [5, 5.41) is 13.4. The first-order valence-corrected chi connectivity index (χ1v) is 5.46. The largest absolute Gasteiger partial charge is 0.480 e. The van der Waals surface area contributed by atoms with Gasteiger partial charge in [-0.25, -0.2) is 0 Å². The molecule has 0 atom stereocenters. The molecule has 2 aromatic rings. The van der Waals surface area contributed by atoms with Crippen LogP contribution in [0.4, 0.5) is 0 Å². The fourth-order valence-corrected chi connectivity index (χ4v) is 1.92. The van der Waals surface area contributed by atoms with E-state index >= 15 is 0 Å². The summed E-state index contributed by atoms with van der Waals surface area (Å²) in [5.74, 6) is -0.915. The molecule has 0 saturated carbocycles. The summed E-state index contributed by atoms with van der Waals surface area (Å²) < 4.78 is 1.45. The monoisotopic (exact) mass is 250 g/mol. The number of carboxylic acids is 1. The van der Waals surface area contributed by atoms with E-state index in [9.17, 15) is 4.79 Å². The van der Waals surface area contributed by atoms with Crippen LogP contribution in [0.1, 0.15) is 5.69 Å². The van der Waals surface area contributed by atoms with Gasteiger partial charge in [-0.2, -0.15) is 5.10 Å². The molecule has 0 unspecified atom stereocenters. The van der Waals surface area contributed by atoms with Gasteiger partial charge in [-0.1, -0.05) is 29.8 Å². The second-order valence-corrected chi connectivity index (χ2v) is 4.08. The highest BCUT2D eigenvalue weighted by molar-refractivity contribution is 6.33. The van der Waals surface area contributed by atoms with Crippen molar-refractivity contribution in [3.8, 4) is 11.1 Å². The molecule has 0 aliphatic rings. The van der Waals surface area contributed by atoms with Crippen LogP contribution in [0.2, 0.25) is 5.02 Å². The minimum Gasteiger partial charge on any atom is -0.480 e. The number of aromatic nitrogens is 2. The number of benzene rings is 1. The molecule has 0 spiro atoms. The zero-order chi connectivity index (χ0) is 12.4. The Morgan fingerprint density at radius 1 is 1.41 bits per heavy atom. The zero-order valence-corrected chi connectivity index (χ0v) is 9.98. The lowest BCUT2D eigenvalue weighted by Gasteiger charge is -2.04. The second-order valence-electron chi connectivity index (χ2n) is 3.67. The van der Waals surface area contributed by atoms with Crippen LogP contribution >= 0.6 is 11.6 Å². The third-order valence-electron chi connectivity index (χ3n) is 2.55. The average Bonchev–Trinajstić information content (AvgIpc) is 2.61. The van der Waals surface area contributed by atoms with Crippen LogP contribution in [0.3, 0.4) is 0 Å². The highest BCUT2D eigenvalue weighted by Gasteiger charge is 2.12. The molecule has 0 saturated heterocycles. The van der Waals surface area contributed by atoms with Crippen LogP contribution < -0.4 is 0 Å². The molecule has 0 amide bonds. The molecule has 0 aliphatic carbocycles. The van der Waals surface area contributed by atoms with Crippen LogP contribution in [0, 0.1) is 6.92 Å². The SMILES string of the molecule is Cc1c(-c2ccccc2Cl)cnn1CC(=O)O. The van der Waals surface area contributed by atoms with Crippen molar-refractivity contribution in [2.24, 2.45) is 0 Å². The van der Waals surface area contributed by atoms with Crippen molar-refractivity contribution in [2.75, 3.05) is 0 Å². The first-order chi connectivity index (χ1) is 8.09. The van der Waals surface area contributed by atoms with Crippen LogP contribution in [0.15, 0.2) is 30.5 Å². The first-order valence-electron chi connectivity index (χ1n) is 5.08. The van der Waals surface area contributed by atoms with Gasteiger partial charge in [0.05, 0.1) is 6.20 Å². The van der Waals surface area contributed by atoms with E-state index in [1.165, 1.54) is 4.68 Å². The van der Waals surface area contributed by atoms with Gasteiger partial charge in [-0.3, -0.25) is 9.48 Å². The third-order valence-corrected chi connectivity index (χ3v) is 2.88. The number of hydrogen-bond donors (Lipinski definition) is 1. The predicted octanol–water partition coefficient (Wildman–Crippen LogP) is 2.60. The molecule has 2 rings (SSSR count). The number of halogens is 1. The quantitative estimate of drug-likeness (QED) is 0.911. The van der Waals surface area contributed by atoms with Gasteiger partial charge >= 0.3 is 5.97 Å². The molecule has 5 heteroatoms. The molecular weight excluding hydrogens is 240 g/mol. The Hall–Kier alpha value is -1.81. The molecule has 4 nitrogen and oxygen atoms in total. The van der Waals surface area contributed by atoms with Gasteiger partial charge in [0.25, 0.3) is 0 Å². The first kappa shape index (κ1) is 11.7. The van der Waals surface area contributed by atoms with Crippen LogP contribution in [0.25, 0.3) is 11.1 Å². The minimum atomic E-state index is -0.915. The third kappa shape index (κ3) is 2.31. The van der Waals surface area contributed by atoms with Gasteiger partial charge in [0, 0.05) is 21.8 Å². The van der Waals surface area contributed by atoms with E-state index in [4.69, 9.17) is 16.7 Å². The maximum absolute atomic E-state index is 10.6. The van der Waals surface area contributed by atoms with E-state index in [1.54, 1.807) is 12.3 Å². The molecule has 1 heterocycles. The summed E-state index contributed by atoms with van der Waals surface area (Å²) >= 11 is 6.09. The van der Waals surface area contributed by atoms with Gasteiger partial charge in [0.15, 0.2) is 0 Å². The molecule has 1 aromatic carbocycles. The molecule has 0 aliphatic heterocycles. The van der Waals surface area contributed by atoms with E-state index in [0.29, 0.717) is 5.02 Å². The summed E-state index contributed by atoms with van der Waals surface area (Å²) in [6.07, 6.45) is 1.64. The predicted molar refractivity (Wildman–Crippen MR) is 65.0 cm³/mol. The fraction of sp³-hybridized carbons (Fsp3) is 0.167. The Labute approximate surface area is 103 Å². The van der Waals surface area contributed by atoms with Gasteiger partial charge in [0.2, 0.25) is 0 Å². The van der Waals surface area contributed by atoms with Gasteiger partial charge in [0.1, 0.15) is 6.54 Å². The van der Waals surface area contributed by atoms with Gasteiger partial charge in [-0.15, -0.1) is 0 Å². The lowest BCUT2D eigenvalue weighted by molar-refractivity contribution is -0.137. The van der Waals surface area contributed by atoms with Gasteiger partial charge < -0.3 is 5.11 Å². The maximum Gasteiger partial charge on any atom is 0.325 e. The smallest absolute Gasteiger partial charge is 0.325 e. The Morgan fingerprint density at radius 2 is 2.12 bits per heavy atom. The lowest BCUT2D eigenvalue weighted by Crippen LogP contribution is -2.11. The Balaban J connectivity index is 2.44. The van der Waals surface area contributed by atoms with Crippen molar-refractivity contribution in [1.29, 1.82) is 0 Å². The van der Waals surface area contributed by atoms with Gasteiger partial charge in [-0.05, 0) is 13.0 Å². The molecular formula is C12H11ClN2O2. The van der Waals surface area contributed by atoms with Crippen molar-refractivity contribution >= 4 is 17.6 Å². The standard InChI is InChI=1S/C12H11ClN2O2/c1-8-10(6-14-15(8)7-12(16)17)9-4-2-3-5-11(9)13/h2-6H,7H2,1H3,(H,16,17). The second kappa shape index (κ2) is 4.59. The highest BCUT2D eigenvalue weighted by atomic mass is 35.5. The maximum atomic E-state index is 10.6. The molecule has 17 heavy (non-hydrogen) atoms. The summed E-state index contributed by atoms with van der Waals surface area (Å²) in [7, 11) is 0. The molecule has 0 fully saturated rings. The molecule has 0 bridgehead atoms. The number of aliphatic carboxylic acids is 1. The number of carboxylic acid groups (broad SMARTS) is 1. The summed E-state index contributed by atoms with van der Waals surface area (Å²) in [6, 6.07) is 7.42. The van der Waals surface area contributed by atoms with Crippen molar-refractivity contribution in [2.45, 2.75) is 13.5 Å². The molecule has 1 N–H and O–H groups in total. The minimum absolute atomic E-state index is 0.143. The zero-order valence-electron chi connectivity index (χ0n) is 9.22. The number of rotatable bonds is 3. The van der Waals surface area contributed by atoms with E-state index in [2.05, 4.69) is 5.10 Å². The average molecular weight is 251 g/mol. The van der Waals surface area contributed by atoms with Crippen LogP contribution in [-0.2, 0) is 11.3 Å². The summed E-state index contributed by atoms with van der Waals surface area (Å²) in [5.41, 5.74) is 2.51. The van der Waals surface area contributed by atoms with E-state index in [0.717, 1.165) is 16.8 Å². The fourth-order valence-electron chi connectivity index (χ4n) is 1.68. The Morgan fingerprint density at radius 3 is 2.76 bits per heavy atom. The normalized spacial score (nSPS) is 10.5. The molecule has 0 radical (unpaired) electrons. The Kier molecular flexibility index (Phi) is 3.15. The van der Waals surface area contributed by atoms with Crippen LogP contribution in [-0.4, -0.2) is 20.9 Å². The summed E-state index contributed by atoms with van der Waals surface area (Å²) in [6.45, 7) is 1.69. The number of hydrogen-bond acceptors (Lipinski definition) is 2. The van der Waals surface area contributed by atoms with E-state index < -0.39 is 5.97 Å².